The molecule has 0 aromatic carbocycles. The first-order chi connectivity index (χ1) is 8.61. The standard InChI is InChI=1S/C13H24N4O/c1-4-14-13(15-12-9-10(12)2)17-7-5-16(6-8-17)11(3)18/h10,12H,4-9H2,1-3H3,(H,14,15). The molecule has 0 aromatic rings. The van der Waals surface area contributed by atoms with Gasteiger partial charge >= 0.3 is 0 Å². The first kappa shape index (κ1) is 13.2. The Labute approximate surface area is 109 Å². The van der Waals surface area contributed by atoms with Gasteiger partial charge in [-0.25, -0.2) is 0 Å². The number of aliphatic imine (C=N–C) groups is 1. The van der Waals surface area contributed by atoms with Gasteiger partial charge in [0.15, 0.2) is 5.96 Å². The van der Waals surface area contributed by atoms with Crippen LogP contribution in [0.4, 0.5) is 0 Å². The summed E-state index contributed by atoms with van der Waals surface area (Å²) in [4.78, 5) is 20.0. The highest BCUT2D eigenvalue weighted by molar-refractivity contribution is 5.81. The van der Waals surface area contributed by atoms with Gasteiger partial charge in [0.25, 0.3) is 0 Å². The summed E-state index contributed by atoms with van der Waals surface area (Å²) in [6.07, 6.45) is 1.25. The summed E-state index contributed by atoms with van der Waals surface area (Å²) in [5.74, 6) is 1.97. The summed E-state index contributed by atoms with van der Waals surface area (Å²) in [7, 11) is 0. The van der Waals surface area contributed by atoms with Crippen LogP contribution in [0.2, 0.25) is 0 Å². The number of piperazine rings is 1. The number of hydrogen-bond acceptors (Lipinski definition) is 2. The first-order valence-corrected chi connectivity index (χ1v) is 6.93. The maximum Gasteiger partial charge on any atom is 0.219 e. The van der Waals surface area contributed by atoms with Crippen LogP contribution in [0.3, 0.4) is 0 Å². The Morgan fingerprint density at radius 1 is 1.28 bits per heavy atom. The second-order valence-corrected chi connectivity index (χ2v) is 5.25. The van der Waals surface area contributed by atoms with Crippen molar-refractivity contribution in [3.8, 4) is 0 Å². The van der Waals surface area contributed by atoms with E-state index in [1.807, 2.05) is 4.90 Å². The van der Waals surface area contributed by atoms with Crippen LogP contribution in [-0.2, 0) is 4.79 Å². The number of carbonyl (C=O) groups excluding carboxylic acids is 1. The molecule has 2 atom stereocenters. The maximum absolute atomic E-state index is 11.3. The Hall–Kier alpha value is -1.26. The number of amides is 1. The molecule has 2 aliphatic rings. The fraction of sp³-hybridized carbons (Fsp3) is 0.846. The average molecular weight is 252 g/mol. The Bertz CT molecular complexity index is 334. The smallest absolute Gasteiger partial charge is 0.219 e. The Morgan fingerprint density at radius 2 is 1.83 bits per heavy atom. The minimum absolute atomic E-state index is 0.174. The van der Waals surface area contributed by atoms with Gasteiger partial charge < -0.3 is 15.1 Å². The Balaban J connectivity index is 1.88. The lowest BCUT2D eigenvalue weighted by molar-refractivity contribution is -0.130. The molecule has 1 saturated carbocycles. The van der Waals surface area contributed by atoms with E-state index in [0.717, 1.165) is 44.6 Å². The van der Waals surface area contributed by atoms with E-state index in [-0.39, 0.29) is 5.91 Å². The van der Waals surface area contributed by atoms with Crippen LogP contribution in [0.1, 0.15) is 27.2 Å². The maximum atomic E-state index is 11.3. The predicted molar refractivity (Wildman–Crippen MR) is 72.5 cm³/mol. The third-order valence-electron chi connectivity index (χ3n) is 3.76. The van der Waals surface area contributed by atoms with E-state index in [1.54, 1.807) is 6.92 Å². The number of nitrogens with one attached hydrogen (secondary N) is 1. The Morgan fingerprint density at radius 3 is 2.28 bits per heavy atom. The van der Waals surface area contributed by atoms with Gasteiger partial charge in [-0.1, -0.05) is 6.92 Å². The zero-order valence-electron chi connectivity index (χ0n) is 11.6. The lowest BCUT2D eigenvalue weighted by Gasteiger charge is -2.36. The molecule has 0 radical (unpaired) electrons. The number of guanidine groups is 1. The number of hydrogen-bond donors (Lipinski definition) is 1. The van der Waals surface area contributed by atoms with Crippen molar-refractivity contribution in [1.29, 1.82) is 0 Å². The predicted octanol–water partition coefficient (Wildman–Crippen LogP) is 0.524. The molecule has 1 aliphatic carbocycles. The van der Waals surface area contributed by atoms with Crippen LogP contribution in [0.5, 0.6) is 0 Å². The van der Waals surface area contributed by atoms with Crippen molar-refractivity contribution in [2.45, 2.75) is 33.2 Å². The van der Waals surface area contributed by atoms with Gasteiger partial charge in [-0.15, -0.1) is 0 Å². The van der Waals surface area contributed by atoms with E-state index in [9.17, 15) is 4.79 Å². The molecule has 18 heavy (non-hydrogen) atoms. The van der Waals surface area contributed by atoms with Gasteiger partial charge in [0.05, 0.1) is 0 Å². The van der Waals surface area contributed by atoms with Gasteiger partial charge in [0.2, 0.25) is 5.91 Å². The van der Waals surface area contributed by atoms with Gasteiger partial charge in [0.1, 0.15) is 0 Å². The lowest BCUT2D eigenvalue weighted by atomic mass is 10.3. The Kier molecular flexibility index (Phi) is 4.09. The van der Waals surface area contributed by atoms with E-state index in [1.165, 1.54) is 6.42 Å². The largest absolute Gasteiger partial charge is 0.353 e. The molecule has 5 nitrogen and oxygen atoms in total. The van der Waals surface area contributed by atoms with Crippen molar-refractivity contribution >= 4 is 11.9 Å². The van der Waals surface area contributed by atoms with E-state index >= 15 is 0 Å². The minimum Gasteiger partial charge on any atom is -0.353 e. The topological polar surface area (TPSA) is 47.9 Å². The summed E-state index contributed by atoms with van der Waals surface area (Å²) in [6, 6.07) is 0.598. The quantitative estimate of drug-likeness (QED) is 0.576. The van der Waals surface area contributed by atoms with Crippen molar-refractivity contribution in [2.75, 3.05) is 32.7 Å². The van der Waals surface area contributed by atoms with Gasteiger partial charge in [-0.2, -0.15) is 0 Å². The molecule has 5 heteroatoms. The summed E-state index contributed by atoms with van der Waals surface area (Å²) in [5.41, 5.74) is 0. The number of carbonyl (C=O) groups is 1. The second-order valence-electron chi connectivity index (χ2n) is 5.25. The van der Waals surface area contributed by atoms with E-state index < -0.39 is 0 Å². The van der Waals surface area contributed by atoms with Gasteiger partial charge in [0, 0.05) is 45.7 Å². The molecule has 0 spiro atoms. The zero-order chi connectivity index (χ0) is 13.1. The van der Waals surface area contributed by atoms with Crippen LogP contribution in [0.25, 0.3) is 0 Å². The van der Waals surface area contributed by atoms with E-state index in [0.29, 0.717) is 6.04 Å². The molecule has 102 valence electrons. The second kappa shape index (κ2) is 5.59. The molecule has 2 rings (SSSR count). The third-order valence-corrected chi connectivity index (χ3v) is 3.76. The molecule has 2 fully saturated rings. The molecular weight excluding hydrogens is 228 g/mol. The first-order valence-electron chi connectivity index (χ1n) is 6.93. The normalized spacial score (nSPS) is 28.3. The summed E-state index contributed by atoms with van der Waals surface area (Å²) >= 11 is 0. The van der Waals surface area contributed by atoms with E-state index in [4.69, 9.17) is 0 Å². The van der Waals surface area contributed by atoms with Crippen molar-refractivity contribution in [3.63, 3.8) is 0 Å². The van der Waals surface area contributed by atoms with Crippen molar-refractivity contribution in [2.24, 2.45) is 10.9 Å². The van der Waals surface area contributed by atoms with Crippen LogP contribution >= 0.6 is 0 Å². The minimum atomic E-state index is 0.174. The SMILES string of the molecule is CCN=C(NC1CC1C)N1CCN(C(C)=O)CC1. The lowest BCUT2D eigenvalue weighted by Crippen LogP contribution is -2.53. The van der Waals surface area contributed by atoms with Gasteiger partial charge in [-0.05, 0) is 19.3 Å². The van der Waals surface area contributed by atoms with Crippen LogP contribution in [0.15, 0.2) is 4.99 Å². The van der Waals surface area contributed by atoms with Gasteiger partial charge in [-0.3, -0.25) is 9.79 Å². The highest BCUT2D eigenvalue weighted by Crippen LogP contribution is 2.29. The number of rotatable bonds is 2. The van der Waals surface area contributed by atoms with Crippen LogP contribution in [0, 0.1) is 5.92 Å². The highest BCUT2D eigenvalue weighted by Gasteiger charge is 2.34. The fourth-order valence-electron chi connectivity index (χ4n) is 2.31. The molecule has 1 N–H and O–H groups in total. The summed E-state index contributed by atoms with van der Waals surface area (Å²) in [6.45, 7) is 10.1. The van der Waals surface area contributed by atoms with Crippen LogP contribution in [-0.4, -0.2) is 60.4 Å². The molecule has 1 heterocycles. The molecule has 2 unspecified atom stereocenters. The zero-order valence-corrected chi connectivity index (χ0v) is 11.6. The molecular formula is C13H24N4O. The molecule has 0 bridgehead atoms. The summed E-state index contributed by atoms with van der Waals surface area (Å²) in [5, 5.41) is 3.53. The molecule has 0 aromatic heterocycles. The monoisotopic (exact) mass is 252 g/mol. The van der Waals surface area contributed by atoms with Crippen molar-refractivity contribution in [3.05, 3.63) is 0 Å². The van der Waals surface area contributed by atoms with Crippen molar-refractivity contribution < 1.29 is 4.79 Å². The van der Waals surface area contributed by atoms with E-state index in [2.05, 4.69) is 29.1 Å². The molecule has 1 aliphatic heterocycles. The van der Waals surface area contributed by atoms with Crippen LogP contribution < -0.4 is 5.32 Å². The molecule has 1 saturated heterocycles. The molecule has 1 amide bonds. The average Bonchev–Trinajstić information content (AvgIpc) is 3.04. The summed E-state index contributed by atoms with van der Waals surface area (Å²) < 4.78 is 0. The number of nitrogens with zero attached hydrogens (tertiary/aromatic N) is 3. The third kappa shape index (κ3) is 3.15. The highest BCUT2D eigenvalue weighted by atomic mass is 16.2. The fourth-order valence-corrected chi connectivity index (χ4v) is 2.31. The van der Waals surface area contributed by atoms with Crippen molar-refractivity contribution in [1.82, 2.24) is 15.1 Å².